The molecule has 0 N–H and O–H groups in total. The molecule has 0 amide bonds. The Labute approximate surface area is 108 Å². The minimum Gasteiger partial charge on any atom is -0.459 e. The highest BCUT2D eigenvalue weighted by Gasteiger charge is 2.41. The molecule has 1 aliphatic heterocycles. The van der Waals surface area contributed by atoms with Crippen molar-refractivity contribution < 1.29 is 14.3 Å². The third kappa shape index (κ3) is 3.65. The minimum atomic E-state index is -0.265. The highest BCUT2D eigenvalue weighted by atomic mass is 32.2. The van der Waals surface area contributed by atoms with E-state index in [2.05, 4.69) is 26.7 Å². The highest BCUT2D eigenvalue weighted by molar-refractivity contribution is 8.00. The van der Waals surface area contributed by atoms with E-state index in [1.165, 1.54) is 18.7 Å². The molecule has 0 radical (unpaired) electrons. The largest absolute Gasteiger partial charge is 0.459 e. The van der Waals surface area contributed by atoms with E-state index in [0.29, 0.717) is 11.7 Å². The maximum atomic E-state index is 11.1. The van der Waals surface area contributed by atoms with Crippen molar-refractivity contribution in [3.63, 3.8) is 0 Å². The van der Waals surface area contributed by atoms with Crippen molar-refractivity contribution in [3.8, 4) is 12.3 Å². The van der Waals surface area contributed by atoms with Gasteiger partial charge in [0.15, 0.2) is 0 Å². The molecular weight excluding hydrogens is 236 g/mol. The van der Waals surface area contributed by atoms with E-state index in [4.69, 9.17) is 15.9 Å². The number of esters is 1. The summed E-state index contributed by atoms with van der Waals surface area (Å²) in [6, 6.07) is 0. The summed E-state index contributed by atoms with van der Waals surface area (Å²) >= 11 is 1.52. The molecule has 0 spiro atoms. The van der Waals surface area contributed by atoms with Gasteiger partial charge in [0.25, 0.3) is 0 Å². The Morgan fingerprint density at radius 2 is 2.06 bits per heavy atom. The lowest BCUT2D eigenvalue weighted by Crippen LogP contribution is -2.48. The van der Waals surface area contributed by atoms with Crippen LogP contribution in [0.5, 0.6) is 0 Å². The van der Waals surface area contributed by atoms with Crippen LogP contribution in [0.3, 0.4) is 0 Å². The maximum Gasteiger partial charge on any atom is 0.303 e. The fourth-order valence-corrected chi connectivity index (χ4v) is 3.01. The van der Waals surface area contributed by atoms with E-state index in [9.17, 15) is 4.79 Å². The Morgan fingerprint density at radius 3 is 2.59 bits per heavy atom. The molecule has 3 nitrogen and oxygen atoms in total. The van der Waals surface area contributed by atoms with Crippen LogP contribution in [-0.2, 0) is 14.3 Å². The van der Waals surface area contributed by atoms with Crippen LogP contribution < -0.4 is 0 Å². The van der Waals surface area contributed by atoms with Gasteiger partial charge in [0, 0.05) is 12.8 Å². The quantitative estimate of drug-likeness (QED) is 0.573. The first-order valence-corrected chi connectivity index (χ1v) is 6.90. The molecule has 0 aliphatic carbocycles. The molecule has 0 aromatic heterocycles. The Kier molecular flexibility index (Phi) is 5.35. The second kappa shape index (κ2) is 6.32. The lowest BCUT2D eigenvalue weighted by atomic mass is 9.85. The zero-order chi connectivity index (χ0) is 13.0. The highest BCUT2D eigenvalue weighted by Crippen LogP contribution is 2.36. The van der Waals surface area contributed by atoms with Crippen molar-refractivity contribution in [2.24, 2.45) is 11.8 Å². The fraction of sp³-hybridized carbons (Fsp3) is 0.769. The van der Waals surface area contributed by atoms with Gasteiger partial charge >= 0.3 is 5.97 Å². The molecule has 17 heavy (non-hydrogen) atoms. The van der Waals surface area contributed by atoms with Crippen molar-refractivity contribution in [2.75, 3.05) is 5.75 Å². The Morgan fingerprint density at radius 1 is 1.41 bits per heavy atom. The average Bonchev–Trinajstić information content (AvgIpc) is 2.27. The number of hydrogen-bond acceptors (Lipinski definition) is 4. The van der Waals surface area contributed by atoms with Gasteiger partial charge in [-0.15, -0.1) is 18.2 Å². The summed E-state index contributed by atoms with van der Waals surface area (Å²) in [6.07, 6.45) is 5.20. The van der Waals surface area contributed by atoms with Gasteiger partial charge in [0.05, 0.1) is 11.9 Å². The topological polar surface area (TPSA) is 35.5 Å². The summed E-state index contributed by atoms with van der Waals surface area (Å²) in [5.74, 6) is 3.51. The van der Waals surface area contributed by atoms with E-state index in [1.54, 1.807) is 0 Å². The average molecular weight is 256 g/mol. The van der Waals surface area contributed by atoms with E-state index in [0.717, 1.165) is 0 Å². The number of carbonyl (C=O) groups is 1. The predicted octanol–water partition coefficient (Wildman–Crippen LogP) is 2.30. The van der Waals surface area contributed by atoms with Crippen LogP contribution >= 0.6 is 11.8 Å². The Hall–Kier alpha value is -0.660. The summed E-state index contributed by atoms with van der Waals surface area (Å²) < 4.78 is 11.3. The fourth-order valence-electron chi connectivity index (χ4n) is 2.01. The molecule has 3 unspecified atom stereocenters. The van der Waals surface area contributed by atoms with Gasteiger partial charge in [-0.25, -0.2) is 0 Å². The standard InChI is InChI=1S/C13H20O3S/c1-6-7-17-13-12(16-11(5)14)9(3)8(2)10(4)15-13/h1,8-10,12-13H,7H2,2-5H3/t8?,9?,10-,12-,13?/m0/s1. The maximum absolute atomic E-state index is 11.1. The normalized spacial score (nSPS) is 37.2. The second-order valence-electron chi connectivity index (χ2n) is 4.52. The first-order chi connectivity index (χ1) is 7.97. The van der Waals surface area contributed by atoms with Crippen LogP contribution in [0, 0.1) is 24.2 Å². The number of thioether (sulfide) groups is 1. The first kappa shape index (κ1) is 14.4. The third-order valence-corrected chi connectivity index (χ3v) is 4.38. The van der Waals surface area contributed by atoms with E-state index >= 15 is 0 Å². The first-order valence-electron chi connectivity index (χ1n) is 5.85. The molecule has 0 aromatic rings. The molecule has 0 bridgehead atoms. The molecule has 0 saturated carbocycles. The van der Waals surface area contributed by atoms with Crippen LogP contribution in [0.2, 0.25) is 0 Å². The predicted molar refractivity (Wildman–Crippen MR) is 69.5 cm³/mol. The lowest BCUT2D eigenvalue weighted by Gasteiger charge is -2.42. The summed E-state index contributed by atoms with van der Waals surface area (Å²) in [5.41, 5.74) is -0.156. The van der Waals surface area contributed by atoms with Crippen LogP contribution in [0.25, 0.3) is 0 Å². The van der Waals surface area contributed by atoms with Gasteiger partial charge in [-0.1, -0.05) is 19.8 Å². The molecule has 4 heteroatoms. The molecule has 1 heterocycles. The number of rotatable bonds is 3. The van der Waals surface area contributed by atoms with Gasteiger partial charge < -0.3 is 9.47 Å². The van der Waals surface area contributed by atoms with Crippen molar-refractivity contribution in [1.82, 2.24) is 0 Å². The van der Waals surface area contributed by atoms with E-state index < -0.39 is 0 Å². The van der Waals surface area contributed by atoms with Crippen LogP contribution in [-0.4, -0.2) is 29.4 Å². The smallest absolute Gasteiger partial charge is 0.303 e. The van der Waals surface area contributed by atoms with E-state index in [-0.39, 0.29) is 29.5 Å². The third-order valence-electron chi connectivity index (χ3n) is 3.34. The zero-order valence-corrected chi connectivity index (χ0v) is 11.6. The second-order valence-corrected chi connectivity index (χ2v) is 5.60. The van der Waals surface area contributed by atoms with Crippen LogP contribution in [0.4, 0.5) is 0 Å². The Bertz CT molecular complexity index is 310. The summed E-state index contributed by atoms with van der Waals surface area (Å²) in [4.78, 5) is 11.1. The summed E-state index contributed by atoms with van der Waals surface area (Å²) in [5, 5.41) is 0. The Balaban J connectivity index is 2.75. The van der Waals surface area contributed by atoms with Crippen molar-refractivity contribution >= 4 is 17.7 Å². The number of carbonyl (C=O) groups excluding carboxylic acids is 1. The van der Waals surface area contributed by atoms with Crippen molar-refractivity contribution in [3.05, 3.63) is 0 Å². The molecule has 5 atom stereocenters. The van der Waals surface area contributed by atoms with Gasteiger partial charge in [-0.2, -0.15) is 0 Å². The SMILES string of the molecule is C#CCSC1O[C@@H](C)C(C)C(C)[C@@H]1OC(C)=O. The summed E-state index contributed by atoms with van der Waals surface area (Å²) in [7, 11) is 0. The number of terminal acetylenes is 1. The van der Waals surface area contributed by atoms with Gasteiger partial charge in [0.1, 0.15) is 11.5 Å². The monoisotopic (exact) mass is 256 g/mol. The van der Waals surface area contributed by atoms with Crippen molar-refractivity contribution in [1.29, 1.82) is 0 Å². The molecule has 1 rings (SSSR count). The minimum absolute atomic E-state index is 0.156. The van der Waals surface area contributed by atoms with Crippen molar-refractivity contribution in [2.45, 2.75) is 45.3 Å². The lowest BCUT2D eigenvalue weighted by molar-refractivity contribution is -0.174. The molecule has 0 aromatic carbocycles. The van der Waals surface area contributed by atoms with Gasteiger partial charge in [0.2, 0.25) is 0 Å². The molecule has 1 aliphatic rings. The van der Waals surface area contributed by atoms with Crippen LogP contribution in [0.1, 0.15) is 27.7 Å². The summed E-state index contributed by atoms with van der Waals surface area (Å²) in [6.45, 7) is 7.70. The van der Waals surface area contributed by atoms with E-state index in [1.807, 2.05) is 0 Å². The van der Waals surface area contributed by atoms with Crippen LogP contribution in [0.15, 0.2) is 0 Å². The molecule has 96 valence electrons. The zero-order valence-electron chi connectivity index (χ0n) is 10.8. The number of hydrogen-bond donors (Lipinski definition) is 0. The molecule has 1 fully saturated rings. The van der Waals surface area contributed by atoms with Gasteiger partial charge in [-0.3, -0.25) is 4.79 Å². The molecular formula is C13H20O3S. The number of ether oxygens (including phenoxy) is 2. The molecule has 1 saturated heterocycles. The van der Waals surface area contributed by atoms with Gasteiger partial charge in [-0.05, 0) is 12.8 Å².